The summed E-state index contributed by atoms with van der Waals surface area (Å²) in [5.41, 5.74) is 2.12. The molecule has 4 heteroatoms. The predicted octanol–water partition coefficient (Wildman–Crippen LogP) is 8.80. The van der Waals surface area contributed by atoms with Gasteiger partial charge >= 0.3 is 0 Å². The third-order valence-electron chi connectivity index (χ3n) is 6.80. The zero-order valence-corrected chi connectivity index (χ0v) is 22.2. The van der Waals surface area contributed by atoms with Crippen LogP contribution in [0.4, 0.5) is 0 Å². The quantitative estimate of drug-likeness (QED) is 0.273. The number of halogens is 2. The summed E-state index contributed by atoms with van der Waals surface area (Å²) in [6.45, 7) is 2.23. The average molecular weight is 559 g/mol. The van der Waals surface area contributed by atoms with E-state index in [1.807, 2.05) is 36.4 Å². The molecule has 2 saturated carbocycles. The maximum Gasteiger partial charge on any atom is 0.143 e. The average Bonchev–Trinajstić information content (AvgIpc) is 3.72. The highest BCUT2D eigenvalue weighted by Crippen LogP contribution is 2.50. The van der Waals surface area contributed by atoms with Crippen LogP contribution >= 0.6 is 31.9 Å². The predicted molar refractivity (Wildman–Crippen MR) is 139 cm³/mol. The lowest BCUT2D eigenvalue weighted by Crippen LogP contribution is -2.20. The van der Waals surface area contributed by atoms with Crippen LogP contribution in [0.5, 0.6) is 0 Å². The number of Topliss-reactive ketones (excluding diaryl/α,β-unsaturated/α-hetero) is 1. The normalized spacial score (nSPS) is 16.9. The number of rotatable bonds is 10. The lowest BCUT2D eigenvalue weighted by atomic mass is 9.88. The number of nitrogens with zero attached hydrogens (tertiary/aromatic N) is 1. The highest BCUT2D eigenvalue weighted by atomic mass is 79.9. The Morgan fingerprint density at radius 3 is 1.78 bits per heavy atom. The van der Waals surface area contributed by atoms with Crippen LogP contribution in [-0.2, 0) is 15.6 Å². The fraction of sp³-hybridized carbons (Fsp3) is 0.500. The SMILES string of the molecule is CCCCCCCCC(=O)C1(c2ccc(Br)cc2)CC1.N#CC1(c2ccc(Br)cc2)CC1. The van der Waals surface area contributed by atoms with Crippen LogP contribution in [-0.4, -0.2) is 5.78 Å². The molecular weight excluding hydrogens is 526 g/mol. The molecule has 0 atom stereocenters. The number of carbonyl (C=O) groups excluding carboxylic acids is 1. The number of hydrogen-bond acceptors (Lipinski definition) is 2. The van der Waals surface area contributed by atoms with Gasteiger partial charge in [0.05, 0.1) is 16.9 Å². The van der Waals surface area contributed by atoms with E-state index in [4.69, 9.17) is 5.26 Å². The number of hydrogen-bond donors (Lipinski definition) is 0. The maximum absolute atomic E-state index is 12.5. The molecule has 2 fully saturated rings. The monoisotopic (exact) mass is 557 g/mol. The van der Waals surface area contributed by atoms with Crippen LogP contribution in [0.3, 0.4) is 0 Å². The zero-order chi connectivity index (χ0) is 23.0. The Balaban J connectivity index is 0.000000204. The second-order valence-corrected chi connectivity index (χ2v) is 11.1. The number of benzene rings is 2. The van der Waals surface area contributed by atoms with Gasteiger partial charge in [-0.15, -0.1) is 0 Å². The van der Waals surface area contributed by atoms with E-state index in [2.05, 4.69) is 57.0 Å². The second kappa shape index (κ2) is 11.6. The van der Waals surface area contributed by atoms with Crippen molar-refractivity contribution >= 4 is 37.6 Å². The van der Waals surface area contributed by atoms with E-state index in [1.54, 1.807) is 0 Å². The Morgan fingerprint density at radius 2 is 1.31 bits per heavy atom. The van der Waals surface area contributed by atoms with Gasteiger partial charge in [-0.1, -0.05) is 95.2 Å². The van der Waals surface area contributed by atoms with Gasteiger partial charge in [-0.25, -0.2) is 0 Å². The minimum atomic E-state index is -0.138. The Labute approximate surface area is 210 Å². The molecule has 0 N–H and O–H groups in total. The molecular formula is C28H33Br2NO. The molecule has 0 aromatic heterocycles. The highest BCUT2D eigenvalue weighted by Gasteiger charge is 2.50. The van der Waals surface area contributed by atoms with E-state index >= 15 is 0 Å². The fourth-order valence-electron chi connectivity index (χ4n) is 4.29. The van der Waals surface area contributed by atoms with Crippen molar-refractivity contribution in [1.82, 2.24) is 0 Å². The molecule has 0 saturated heterocycles. The van der Waals surface area contributed by atoms with Gasteiger partial charge in [0.15, 0.2) is 0 Å². The molecule has 0 amide bonds. The van der Waals surface area contributed by atoms with Crippen LogP contribution in [0, 0.1) is 11.3 Å². The summed E-state index contributed by atoms with van der Waals surface area (Å²) in [5, 5.41) is 8.92. The van der Waals surface area contributed by atoms with Gasteiger partial charge in [-0.05, 0) is 67.5 Å². The second-order valence-electron chi connectivity index (χ2n) is 9.23. The molecule has 2 nitrogen and oxygen atoms in total. The van der Waals surface area contributed by atoms with Gasteiger partial charge < -0.3 is 0 Å². The van der Waals surface area contributed by atoms with Gasteiger partial charge in [-0.2, -0.15) is 5.26 Å². The molecule has 2 aromatic rings. The van der Waals surface area contributed by atoms with E-state index in [0.29, 0.717) is 5.78 Å². The first-order chi connectivity index (χ1) is 15.5. The van der Waals surface area contributed by atoms with Crippen molar-refractivity contribution in [3.05, 3.63) is 68.6 Å². The smallest absolute Gasteiger partial charge is 0.143 e. The molecule has 32 heavy (non-hydrogen) atoms. The van der Waals surface area contributed by atoms with Crippen molar-refractivity contribution in [2.75, 3.05) is 0 Å². The number of unbranched alkanes of at least 4 members (excludes halogenated alkanes) is 5. The van der Waals surface area contributed by atoms with Gasteiger partial charge in [0.2, 0.25) is 0 Å². The maximum atomic E-state index is 12.5. The summed E-state index contributed by atoms with van der Waals surface area (Å²) in [6, 6.07) is 18.7. The summed E-state index contributed by atoms with van der Waals surface area (Å²) in [5.74, 6) is 0.468. The van der Waals surface area contributed by atoms with Crippen molar-refractivity contribution < 1.29 is 4.79 Å². The first-order valence-corrected chi connectivity index (χ1v) is 13.5. The molecule has 0 heterocycles. The largest absolute Gasteiger partial charge is 0.299 e. The molecule has 0 unspecified atom stereocenters. The van der Waals surface area contributed by atoms with Crippen molar-refractivity contribution in [3.63, 3.8) is 0 Å². The van der Waals surface area contributed by atoms with Crippen LogP contribution in [0.25, 0.3) is 0 Å². The summed E-state index contributed by atoms with van der Waals surface area (Å²) in [6.07, 6.45) is 12.4. The van der Waals surface area contributed by atoms with Gasteiger partial charge in [0.25, 0.3) is 0 Å². The molecule has 0 radical (unpaired) electrons. The van der Waals surface area contributed by atoms with Crippen LogP contribution < -0.4 is 0 Å². The van der Waals surface area contributed by atoms with E-state index < -0.39 is 0 Å². The van der Waals surface area contributed by atoms with Crippen molar-refractivity contribution in [1.29, 1.82) is 5.26 Å². The highest BCUT2D eigenvalue weighted by molar-refractivity contribution is 9.10. The molecule has 4 rings (SSSR count). The van der Waals surface area contributed by atoms with E-state index in [0.717, 1.165) is 53.0 Å². The summed E-state index contributed by atoms with van der Waals surface area (Å²) in [4.78, 5) is 12.5. The number of nitriles is 1. The van der Waals surface area contributed by atoms with Crippen molar-refractivity contribution in [3.8, 4) is 6.07 Å². The first-order valence-electron chi connectivity index (χ1n) is 11.9. The van der Waals surface area contributed by atoms with Gasteiger partial charge in [-0.3, -0.25) is 4.79 Å². The van der Waals surface area contributed by atoms with E-state index in [9.17, 15) is 4.79 Å². The van der Waals surface area contributed by atoms with Gasteiger partial charge in [0, 0.05) is 15.4 Å². The van der Waals surface area contributed by atoms with Crippen LogP contribution in [0.1, 0.15) is 88.7 Å². The number of carbonyl (C=O) groups is 1. The Morgan fingerprint density at radius 1 is 0.812 bits per heavy atom. The molecule has 2 aliphatic carbocycles. The topological polar surface area (TPSA) is 40.9 Å². The van der Waals surface area contributed by atoms with E-state index in [1.165, 1.54) is 37.7 Å². The lowest BCUT2D eigenvalue weighted by molar-refractivity contribution is -0.121. The molecule has 0 aliphatic heterocycles. The van der Waals surface area contributed by atoms with Crippen LogP contribution in [0.15, 0.2) is 57.5 Å². The van der Waals surface area contributed by atoms with E-state index in [-0.39, 0.29) is 10.8 Å². The molecule has 0 bridgehead atoms. The minimum absolute atomic E-state index is 0.121. The summed E-state index contributed by atoms with van der Waals surface area (Å²) in [7, 11) is 0. The lowest BCUT2D eigenvalue weighted by Gasteiger charge is -2.14. The van der Waals surface area contributed by atoms with Crippen molar-refractivity contribution in [2.24, 2.45) is 0 Å². The Kier molecular flexibility index (Phi) is 9.14. The summed E-state index contributed by atoms with van der Waals surface area (Å²) < 4.78 is 2.15. The first kappa shape index (κ1) is 25.2. The van der Waals surface area contributed by atoms with Crippen LogP contribution in [0.2, 0.25) is 0 Å². The molecule has 2 aliphatic rings. The Hall–Kier alpha value is -1.44. The third-order valence-corrected chi connectivity index (χ3v) is 7.86. The summed E-state index contributed by atoms with van der Waals surface area (Å²) >= 11 is 6.83. The fourth-order valence-corrected chi connectivity index (χ4v) is 4.82. The third kappa shape index (κ3) is 6.55. The number of ketones is 1. The van der Waals surface area contributed by atoms with Crippen molar-refractivity contribution in [2.45, 2.75) is 88.4 Å². The minimum Gasteiger partial charge on any atom is -0.299 e. The molecule has 2 aromatic carbocycles. The standard InChI is InChI=1S/C18H25BrO.C10H8BrN/c1-2-3-4-5-6-7-8-17(20)18(13-14-18)15-9-11-16(19)12-10-15;11-9-3-1-8(2-4-9)10(7-12)5-6-10/h9-12H,2-8,13-14H2,1H3;1-4H,5-6H2. The molecule has 170 valence electrons. The van der Waals surface area contributed by atoms with Gasteiger partial charge in [0.1, 0.15) is 5.78 Å². The zero-order valence-electron chi connectivity index (χ0n) is 19.0. The molecule has 0 spiro atoms. The Bertz CT molecular complexity index is 919.